The van der Waals surface area contributed by atoms with Crippen LogP contribution in [0.5, 0.6) is 0 Å². The molecule has 8 nitrogen and oxygen atoms in total. The summed E-state index contributed by atoms with van der Waals surface area (Å²) in [6.45, 7) is 3.73. The quantitative estimate of drug-likeness (QED) is 0.666. The van der Waals surface area contributed by atoms with Gasteiger partial charge in [0, 0.05) is 17.9 Å². The number of carboxylic acid groups (broad SMARTS) is 1. The zero-order valence-electron chi connectivity index (χ0n) is 15.2. The van der Waals surface area contributed by atoms with Crippen molar-refractivity contribution in [1.82, 2.24) is 14.8 Å². The SMILES string of the molecule is CCNc1nnc(-c2cc(C(=O)O)c(=O)n(-c3cccc(C(F)(F)F)c3)c2C)o1. The van der Waals surface area contributed by atoms with Crippen molar-refractivity contribution in [2.45, 2.75) is 20.0 Å². The standard InChI is InChI=1S/C18H15F3N4O4/c1-3-22-17-24-23-14(29-17)12-8-13(16(27)28)15(26)25(9(12)2)11-6-4-5-10(7-11)18(19,20)21/h4-8H,3H2,1-2H3,(H,22,24)(H,27,28). The van der Waals surface area contributed by atoms with Gasteiger partial charge < -0.3 is 14.8 Å². The zero-order valence-corrected chi connectivity index (χ0v) is 15.2. The van der Waals surface area contributed by atoms with Crippen LogP contribution < -0.4 is 10.9 Å². The van der Waals surface area contributed by atoms with E-state index in [0.29, 0.717) is 6.54 Å². The molecule has 0 aliphatic carbocycles. The first kappa shape index (κ1) is 20.1. The summed E-state index contributed by atoms with van der Waals surface area (Å²) in [7, 11) is 0. The molecule has 0 radical (unpaired) electrons. The predicted molar refractivity (Wildman–Crippen MR) is 96.2 cm³/mol. The lowest BCUT2D eigenvalue weighted by Gasteiger charge is -2.15. The molecular weight excluding hydrogens is 393 g/mol. The summed E-state index contributed by atoms with van der Waals surface area (Å²) in [5.41, 5.74) is -2.49. The number of hydrogen-bond acceptors (Lipinski definition) is 6. The minimum atomic E-state index is -4.63. The highest BCUT2D eigenvalue weighted by Gasteiger charge is 2.31. The molecule has 1 aromatic carbocycles. The largest absolute Gasteiger partial charge is 0.477 e. The van der Waals surface area contributed by atoms with Gasteiger partial charge in [0.05, 0.1) is 11.1 Å². The van der Waals surface area contributed by atoms with Crippen molar-refractivity contribution in [3.05, 3.63) is 57.5 Å². The van der Waals surface area contributed by atoms with E-state index in [9.17, 15) is 27.9 Å². The van der Waals surface area contributed by atoms with Crippen LogP contribution in [-0.4, -0.2) is 32.4 Å². The van der Waals surface area contributed by atoms with Crippen molar-refractivity contribution in [3.63, 3.8) is 0 Å². The number of nitrogens with zero attached hydrogens (tertiary/aromatic N) is 3. The number of aromatic nitrogens is 3. The molecule has 0 fully saturated rings. The molecule has 29 heavy (non-hydrogen) atoms. The number of carbonyl (C=O) groups is 1. The monoisotopic (exact) mass is 408 g/mol. The molecule has 2 N–H and O–H groups in total. The number of anilines is 1. The molecule has 0 aliphatic rings. The van der Waals surface area contributed by atoms with Crippen LogP contribution in [0.2, 0.25) is 0 Å². The van der Waals surface area contributed by atoms with Gasteiger partial charge >= 0.3 is 18.2 Å². The first-order chi connectivity index (χ1) is 13.6. The summed E-state index contributed by atoms with van der Waals surface area (Å²) in [4.78, 5) is 24.3. The highest BCUT2D eigenvalue weighted by molar-refractivity contribution is 5.89. The van der Waals surface area contributed by atoms with Gasteiger partial charge in [-0.1, -0.05) is 11.2 Å². The average Bonchev–Trinajstić information content (AvgIpc) is 3.10. The molecule has 0 bridgehead atoms. The van der Waals surface area contributed by atoms with Gasteiger partial charge in [-0.25, -0.2) is 4.79 Å². The van der Waals surface area contributed by atoms with E-state index >= 15 is 0 Å². The van der Waals surface area contributed by atoms with E-state index in [4.69, 9.17) is 4.42 Å². The number of halogens is 3. The molecule has 0 unspecified atom stereocenters. The van der Waals surface area contributed by atoms with Crippen molar-refractivity contribution >= 4 is 12.0 Å². The summed E-state index contributed by atoms with van der Waals surface area (Å²) >= 11 is 0. The lowest BCUT2D eigenvalue weighted by Crippen LogP contribution is -2.27. The van der Waals surface area contributed by atoms with Crippen LogP contribution >= 0.6 is 0 Å². The van der Waals surface area contributed by atoms with Crippen molar-refractivity contribution < 1.29 is 27.5 Å². The third-order valence-corrected chi connectivity index (χ3v) is 4.09. The van der Waals surface area contributed by atoms with Gasteiger partial charge in [-0.2, -0.15) is 13.2 Å². The Bertz CT molecular complexity index is 1130. The van der Waals surface area contributed by atoms with Crippen molar-refractivity contribution in [1.29, 1.82) is 0 Å². The molecule has 11 heteroatoms. The van der Waals surface area contributed by atoms with E-state index in [1.54, 1.807) is 6.92 Å². The topological polar surface area (TPSA) is 110 Å². The Kier molecular flexibility index (Phi) is 5.14. The van der Waals surface area contributed by atoms with Gasteiger partial charge in [-0.3, -0.25) is 9.36 Å². The van der Waals surface area contributed by atoms with Crippen LogP contribution in [0.3, 0.4) is 0 Å². The van der Waals surface area contributed by atoms with Gasteiger partial charge in [0.25, 0.3) is 11.4 Å². The Hall–Kier alpha value is -3.63. The maximum Gasteiger partial charge on any atom is 0.416 e. The first-order valence-corrected chi connectivity index (χ1v) is 8.38. The van der Waals surface area contributed by atoms with E-state index in [1.807, 2.05) is 0 Å². The van der Waals surface area contributed by atoms with Crippen LogP contribution in [0, 0.1) is 6.92 Å². The Balaban J connectivity index is 2.28. The molecule has 0 spiro atoms. The number of pyridine rings is 1. The molecule has 3 aromatic rings. The number of hydrogen-bond donors (Lipinski definition) is 2. The Morgan fingerprint density at radius 3 is 2.62 bits per heavy atom. The molecule has 0 saturated heterocycles. The third kappa shape index (κ3) is 3.84. The molecule has 0 saturated carbocycles. The van der Waals surface area contributed by atoms with E-state index < -0.39 is 28.8 Å². The van der Waals surface area contributed by atoms with Crippen LogP contribution in [0.25, 0.3) is 17.1 Å². The Morgan fingerprint density at radius 1 is 1.28 bits per heavy atom. The second-order valence-electron chi connectivity index (χ2n) is 5.99. The number of alkyl halides is 3. The maximum absolute atomic E-state index is 13.1. The molecule has 152 valence electrons. The summed E-state index contributed by atoms with van der Waals surface area (Å²) in [6, 6.07) is 5.17. The normalized spacial score (nSPS) is 11.5. The lowest BCUT2D eigenvalue weighted by atomic mass is 10.1. The number of benzene rings is 1. The molecule has 0 atom stereocenters. The molecule has 2 aromatic heterocycles. The highest BCUT2D eigenvalue weighted by atomic mass is 19.4. The second-order valence-corrected chi connectivity index (χ2v) is 5.99. The molecular formula is C18H15F3N4O4. The lowest BCUT2D eigenvalue weighted by molar-refractivity contribution is -0.137. The predicted octanol–water partition coefficient (Wildman–Crippen LogP) is 3.34. The van der Waals surface area contributed by atoms with E-state index in [1.165, 1.54) is 13.0 Å². The summed E-state index contributed by atoms with van der Waals surface area (Å²) in [6.07, 6.45) is -4.63. The Labute approximate surface area is 161 Å². The number of nitrogens with one attached hydrogen (secondary N) is 1. The van der Waals surface area contributed by atoms with Crippen LogP contribution in [0.1, 0.15) is 28.5 Å². The van der Waals surface area contributed by atoms with Gasteiger partial charge in [-0.15, -0.1) is 5.10 Å². The van der Waals surface area contributed by atoms with Gasteiger partial charge in [0.1, 0.15) is 5.56 Å². The van der Waals surface area contributed by atoms with Crippen molar-refractivity contribution in [3.8, 4) is 17.1 Å². The number of aromatic carboxylic acids is 1. The van der Waals surface area contributed by atoms with E-state index in [0.717, 1.165) is 28.8 Å². The second kappa shape index (κ2) is 7.41. The average molecular weight is 408 g/mol. The smallest absolute Gasteiger partial charge is 0.416 e. The van der Waals surface area contributed by atoms with Crippen molar-refractivity contribution in [2.75, 3.05) is 11.9 Å². The fourth-order valence-electron chi connectivity index (χ4n) is 2.76. The van der Waals surface area contributed by atoms with Crippen LogP contribution in [-0.2, 0) is 6.18 Å². The van der Waals surface area contributed by atoms with Gasteiger partial charge in [-0.05, 0) is 38.1 Å². The fraction of sp³-hybridized carbons (Fsp3) is 0.222. The Morgan fingerprint density at radius 2 is 2.00 bits per heavy atom. The first-order valence-electron chi connectivity index (χ1n) is 8.38. The minimum Gasteiger partial charge on any atom is -0.477 e. The third-order valence-electron chi connectivity index (χ3n) is 4.09. The summed E-state index contributed by atoms with van der Waals surface area (Å²) < 4.78 is 45.6. The zero-order chi connectivity index (χ0) is 21.3. The summed E-state index contributed by atoms with van der Waals surface area (Å²) in [5, 5.41) is 19.8. The molecule has 0 aliphatic heterocycles. The van der Waals surface area contributed by atoms with Gasteiger partial charge in [0.15, 0.2) is 0 Å². The van der Waals surface area contributed by atoms with E-state index in [2.05, 4.69) is 15.5 Å². The minimum absolute atomic E-state index is 0.0793. The number of carboxylic acids is 1. The van der Waals surface area contributed by atoms with Gasteiger partial charge in [0.2, 0.25) is 0 Å². The van der Waals surface area contributed by atoms with Crippen LogP contribution in [0.4, 0.5) is 19.2 Å². The van der Waals surface area contributed by atoms with Crippen molar-refractivity contribution in [2.24, 2.45) is 0 Å². The highest BCUT2D eigenvalue weighted by Crippen LogP contribution is 2.31. The summed E-state index contributed by atoms with van der Waals surface area (Å²) in [5.74, 6) is -1.62. The fourth-order valence-corrected chi connectivity index (χ4v) is 2.76. The molecule has 0 amide bonds. The van der Waals surface area contributed by atoms with Crippen LogP contribution in [0.15, 0.2) is 39.5 Å². The molecule has 3 rings (SSSR count). The molecule has 2 heterocycles. The number of rotatable bonds is 5. The van der Waals surface area contributed by atoms with E-state index in [-0.39, 0.29) is 28.9 Å². The maximum atomic E-state index is 13.1.